The molecule has 0 N–H and O–H groups in total. The van der Waals surface area contributed by atoms with Crippen molar-refractivity contribution in [2.24, 2.45) is 0 Å². The molecule has 5 aromatic carbocycles. The van der Waals surface area contributed by atoms with E-state index in [4.69, 9.17) is 0 Å². The minimum atomic E-state index is -0.648. The summed E-state index contributed by atoms with van der Waals surface area (Å²) in [7, 11) is -0.648. The zero-order chi connectivity index (χ0) is 25.4. The monoisotopic (exact) mass is 656 g/mol. The Bertz CT molecular complexity index is 1600. The average molecular weight is 659 g/mol. The molecule has 0 aliphatic heterocycles. The van der Waals surface area contributed by atoms with E-state index in [0.717, 1.165) is 0 Å². The first-order valence-corrected chi connectivity index (χ1v) is 16.5. The number of halogens is 2. The predicted octanol–water partition coefficient (Wildman–Crippen LogP) is 3.85. The van der Waals surface area contributed by atoms with Crippen LogP contribution in [0.2, 0.25) is 13.1 Å². The predicted molar refractivity (Wildman–Crippen MR) is 165 cm³/mol. The van der Waals surface area contributed by atoms with Crippen molar-refractivity contribution in [3.8, 4) is 11.1 Å². The third-order valence-electron chi connectivity index (χ3n) is 8.22. The number of hydrogen-bond donors (Lipinski definition) is 0. The van der Waals surface area contributed by atoms with Gasteiger partial charge in [0.25, 0.3) is 0 Å². The van der Waals surface area contributed by atoms with Gasteiger partial charge in [-0.25, -0.2) is 0 Å². The van der Waals surface area contributed by atoms with Gasteiger partial charge in [0.2, 0.25) is 0 Å². The fraction of sp³-hybridized carbons (Fsp3) is 0.250. The molecule has 0 heterocycles. The van der Waals surface area contributed by atoms with E-state index in [1.807, 2.05) is 0 Å². The molecular formula is C36H36Cl2SiZr. The molecule has 0 aromatic heterocycles. The van der Waals surface area contributed by atoms with E-state index in [-0.39, 0.29) is 51.0 Å². The number of allylic oxidation sites excluding steroid dienone is 1. The number of rotatable bonds is 8. The molecule has 0 nitrogen and oxygen atoms in total. The Morgan fingerprint density at radius 3 is 2.25 bits per heavy atom. The molecule has 4 heteroatoms. The van der Waals surface area contributed by atoms with Crippen LogP contribution in [0.3, 0.4) is 0 Å². The van der Waals surface area contributed by atoms with Crippen LogP contribution in [0.4, 0.5) is 0 Å². The topological polar surface area (TPSA) is 0 Å². The van der Waals surface area contributed by atoms with Crippen LogP contribution in [0.25, 0.3) is 38.7 Å². The largest absolute Gasteiger partial charge is 3.00 e. The van der Waals surface area contributed by atoms with Crippen molar-refractivity contribution in [3.63, 3.8) is 0 Å². The van der Waals surface area contributed by atoms with Crippen LogP contribution >= 0.6 is 0 Å². The van der Waals surface area contributed by atoms with E-state index in [2.05, 4.69) is 117 Å². The van der Waals surface area contributed by atoms with E-state index in [0.29, 0.717) is 5.92 Å². The average Bonchev–Trinajstić information content (AvgIpc) is 3.49. The maximum atomic E-state index is 2.57. The second-order valence-electron chi connectivity index (χ2n) is 10.9. The van der Waals surface area contributed by atoms with Crippen molar-refractivity contribution < 1.29 is 51.0 Å². The Balaban J connectivity index is 0.00000147. The zero-order valence-corrected chi connectivity index (χ0v) is 28.6. The molecule has 2 radical (unpaired) electrons. The van der Waals surface area contributed by atoms with Crippen molar-refractivity contribution in [1.82, 2.24) is 0 Å². The number of benzene rings is 4. The van der Waals surface area contributed by atoms with Gasteiger partial charge in [-0.1, -0.05) is 141 Å². The van der Waals surface area contributed by atoms with E-state index in [9.17, 15) is 0 Å². The van der Waals surface area contributed by atoms with Crippen molar-refractivity contribution in [2.75, 3.05) is 0 Å². The fourth-order valence-corrected chi connectivity index (χ4v) is 7.68. The summed E-state index contributed by atoms with van der Waals surface area (Å²) in [6.45, 7) is 7.22. The van der Waals surface area contributed by atoms with Gasteiger partial charge in [-0.15, -0.1) is 33.7 Å². The first kappa shape index (κ1) is 32.7. The number of hydrogen-bond acceptors (Lipinski definition) is 0. The summed E-state index contributed by atoms with van der Waals surface area (Å²) in [5.74, 6) is 0.343. The Morgan fingerprint density at radius 2 is 1.50 bits per heavy atom. The molecule has 40 heavy (non-hydrogen) atoms. The van der Waals surface area contributed by atoms with Gasteiger partial charge < -0.3 is 24.8 Å². The van der Waals surface area contributed by atoms with Gasteiger partial charge in [-0.3, -0.25) is 0 Å². The first-order chi connectivity index (χ1) is 18.2. The van der Waals surface area contributed by atoms with E-state index < -0.39 is 8.80 Å². The van der Waals surface area contributed by atoms with Crippen molar-refractivity contribution in [2.45, 2.75) is 58.0 Å². The first-order valence-electron chi connectivity index (χ1n) is 14.0. The summed E-state index contributed by atoms with van der Waals surface area (Å²) in [6.07, 6.45) is 8.94. The molecule has 1 aliphatic carbocycles. The van der Waals surface area contributed by atoms with Gasteiger partial charge >= 0.3 is 26.2 Å². The van der Waals surface area contributed by atoms with Gasteiger partial charge in [-0.05, 0) is 35.1 Å². The van der Waals surface area contributed by atoms with Crippen LogP contribution < -0.4 is 30.0 Å². The minimum absolute atomic E-state index is 0. The van der Waals surface area contributed by atoms with Crippen LogP contribution in [0, 0.1) is 0 Å². The molecule has 0 amide bonds. The Hall–Kier alpha value is -1.83. The van der Waals surface area contributed by atoms with Crippen LogP contribution in [0.1, 0.15) is 61.6 Å². The third kappa shape index (κ3) is 6.03. The molecule has 202 valence electrons. The normalized spacial score (nSPS) is 13.9. The van der Waals surface area contributed by atoms with Crippen LogP contribution in [0.15, 0.2) is 96.6 Å². The molecule has 0 saturated carbocycles. The molecule has 0 saturated heterocycles. The molecule has 6 rings (SSSR count). The molecule has 0 spiro atoms. The summed E-state index contributed by atoms with van der Waals surface area (Å²) >= 11 is 0. The standard InChI is InChI=1S/C36H36Si.2ClH.Zr/c1-4-5-6-8-17-27-24-32-28(25-14-9-7-10-15-25)19-13-20-31(32)35(27)36-33-23-26-16-11-12-18-29(26)30(33)21-22-34(36)37(2)3;;;/h7,9-16,18-24,35H,4-6,8,17H2,1-3H3;2*1H;/q-1;;;+3/p-2. The quantitative estimate of drug-likeness (QED) is 0.135. The van der Waals surface area contributed by atoms with Gasteiger partial charge in [-0.2, -0.15) is 0 Å². The molecule has 1 aliphatic rings. The summed E-state index contributed by atoms with van der Waals surface area (Å²) in [6, 6.07) is 34.2. The van der Waals surface area contributed by atoms with Crippen molar-refractivity contribution in [1.29, 1.82) is 0 Å². The van der Waals surface area contributed by atoms with E-state index in [1.165, 1.54) is 75.9 Å². The summed E-state index contributed by atoms with van der Waals surface area (Å²) in [5, 5.41) is 7.22. The molecule has 0 fully saturated rings. The molecule has 0 bridgehead atoms. The third-order valence-corrected chi connectivity index (χ3v) is 9.73. The smallest absolute Gasteiger partial charge is 1.00 e. The van der Waals surface area contributed by atoms with Crippen molar-refractivity contribution in [3.05, 3.63) is 113 Å². The Kier molecular flexibility index (Phi) is 11.7. The second-order valence-corrected chi connectivity index (χ2v) is 13.4. The maximum absolute atomic E-state index is 2.57. The maximum Gasteiger partial charge on any atom is 3.00 e. The fourth-order valence-electron chi connectivity index (χ4n) is 6.44. The van der Waals surface area contributed by atoms with Gasteiger partial charge in [0.15, 0.2) is 0 Å². The Labute approximate surface area is 273 Å². The van der Waals surface area contributed by atoms with Gasteiger partial charge in [0.05, 0.1) is 8.80 Å². The number of unbranched alkanes of at least 4 members (excludes halogenated alkanes) is 3. The summed E-state index contributed by atoms with van der Waals surface area (Å²) < 4.78 is 0. The minimum Gasteiger partial charge on any atom is -1.00 e. The Morgan fingerprint density at radius 1 is 0.750 bits per heavy atom. The second kappa shape index (κ2) is 14.4. The van der Waals surface area contributed by atoms with Gasteiger partial charge in [0.1, 0.15) is 0 Å². The molecule has 1 atom stereocenters. The summed E-state index contributed by atoms with van der Waals surface area (Å²) in [5.41, 5.74) is 8.80. The van der Waals surface area contributed by atoms with Crippen LogP contribution in [-0.2, 0) is 26.2 Å². The van der Waals surface area contributed by atoms with Crippen LogP contribution in [0.5, 0.6) is 0 Å². The molecular weight excluding hydrogens is 623 g/mol. The number of fused-ring (bicyclic) bond motifs is 4. The molecule has 1 unspecified atom stereocenters. The van der Waals surface area contributed by atoms with E-state index >= 15 is 0 Å². The van der Waals surface area contributed by atoms with Crippen molar-refractivity contribution >= 4 is 41.6 Å². The SMILES string of the molecule is CCCCCCC1=Cc2c(-c3ccccc3)cccc2C1c1c([Si](C)C)ccc2c1[cH-]c1ccccc12.[Cl-].[Cl-].[Zr+3]. The summed E-state index contributed by atoms with van der Waals surface area (Å²) in [4.78, 5) is 0. The van der Waals surface area contributed by atoms with Crippen LogP contribution in [-0.4, -0.2) is 8.80 Å². The van der Waals surface area contributed by atoms with Gasteiger partial charge in [0, 0.05) is 5.92 Å². The zero-order valence-electron chi connectivity index (χ0n) is 23.6. The van der Waals surface area contributed by atoms with E-state index in [1.54, 1.807) is 16.3 Å². The molecule has 5 aromatic rings.